The van der Waals surface area contributed by atoms with Crippen molar-refractivity contribution in [1.82, 2.24) is 9.80 Å². The van der Waals surface area contributed by atoms with Gasteiger partial charge in [0.15, 0.2) is 6.19 Å². The van der Waals surface area contributed by atoms with Crippen molar-refractivity contribution in [3.8, 4) is 6.19 Å². The van der Waals surface area contributed by atoms with Crippen molar-refractivity contribution < 1.29 is 14.6 Å². The summed E-state index contributed by atoms with van der Waals surface area (Å²) < 4.78 is 4.93. The largest absolute Gasteiger partial charge is 0.465 e. The van der Waals surface area contributed by atoms with Crippen molar-refractivity contribution in [2.75, 3.05) is 33.4 Å². The average molecular weight is 213 g/mol. The number of hydrogen-bond acceptors (Lipinski definition) is 4. The van der Waals surface area contributed by atoms with Gasteiger partial charge >= 0.3 is 6.09 Å². The molecule has 15 heavy (non-hydrogen) atoms. The molecule has 1 saturated heterocycles. The third kappa shape index (κ3) is 2.99. The van der Waals surface area contributed by atoms with E-state index in [2.05, 4.69) is 6.19 Å². The number of carbonyl (C=O) groups is 1. The quantitative estimate of drug-likeness (QED) is 0.676. The van der Waals surface area contributed by atoms with Gasteiger partial charge in [-0.3, -0.25) is 0 Å². The third-order valence-electron chi connectivity index (χ3n) is 2.54. The second-order valence-corrected chi connectivity index (χ2v) is 3.46. The van der Waals surface area contributed by atoms with Gasteiger partial charge in [0.05, 0.1) is 6.04 Å². The zero-order chi connectivity index (χ0) is 11.3. The molecule has 1 aliphatic heterocycles. The van der Waals surface area contributed by atoms with Gasteiger partial charge < -0.3 is 19.6 Å². The van der Waals surface area contributed by atoms with Crippen LogP contribution < -0.4 is 0 Å². The van der Waals surface area contributed by atoms with E-state index in [4.69, 9.17) is 15.1 Å². The summed E-state index contributed by atoms with van der Waals surface area (Å²) in [5, 5.41) is 17.7. The summed E-state index contributed by atoms with van der Waals surface area (Å²) in [7, 11) is 1.59. The molecule has 1 aliphatic rings. The molecule has 1 unspecified atom stereocenters. The Hall–Kier alpha value is -1.48. The summed E-state index contributed by atoms with van der Waals surface area (Å²) in [6.45, 7) is 1.78. The second kappa shape index (κ2) is 5.41. The van der Waals surface area contributed by atoms with Crippen LogP contribution in [-0.2, 0) is 4.74 Å². The topological polar surface area (TPSA) is 76.8 Å². The summed E-state index contributed by atoms with van der Waals surface area (Å²) in [4.78, 5) is 13.7. The summed E-state index contributed by atoms with van der Waals surface area (Å²) in [6.07, 6.45) is 1.83. The van der Waals surface area contributed by atoms with Crippen LogP contribution in [-0.4, -0.2) is 60.4 Å². The lowest BCUT2D eigenvalue weighted by Gasteiger charge is -2.37. The second-order valence-electron chi connectivity index (χ2n) is 3.46. The minimum atomic E-state index is -0.921. The number of rotatable bonds is 3. The maximum absolute atomic E-state index is 10.8. The Morgan fingerprint density at radius 3 is 2.93 bits per heavy atom. The van der Waals surface area contributed by atoms with Crippen LogP contribution in [0.2, 0.25) is 0 Å². The maximum atomic E-state index is 10.8. The Morgan fingerprint density at radius 2 is 2.40 bits per heavy atom. The van der Waals surface area contributed by atoms with Crippen LogP contribution in [0.25, 0.3) is 0 Å². The Balaban J connectivity index is 2.53. The SMILES string of the molecule is COCCC1CN(C(=O)O)CCN1C#N. The van der Waals surface area contributed by atoms with Gasteiger partial charge in [-0.05, 0) is 6.42 Å². The highest BCUT2D eigenvalue weighted by atomic mass is 16.5. The van der Waals surface area contributed by atoms with Crippen molar-refractivity contribution in [2.45, 2.75) is 12.5 Å². The molecule has 84 valence electrons. The smallest absolute Gasteiger partial charge is 0.407 e. The zero-order valence-corrected chi connectivity index (χ0v) is 8.72. The molecule has 0 aromatic rings. The van der Waals surface area contributed by atoms with Gasteiger partial charge in [0.25, 0.3) is 0 Å². The van der Waals surface area contributed by atoms with E-state index in [1.54, 1.807) is 12.0 Å². The fraction of sp³-hybridized carbons (Fsp3) is 0.778. The summed E-state index contributed by atoms with van der Waals surface area (Å²) in [5.41, 5.74) is 0. The first-order chi connectivity index (χ1) is 7.19. The summed E-state index contributed by atoms with van der Waals surface area (Å²) in [6, 6.07) is -0.0557. The molecule has 1 fully saturated rings. The van der Waals surface area contributed by atoms with Crippen molar-refractivity contribution in [1.29, 1.82) is 5.26 Å². The number of methoxy groups -OCH3 is 1. The lowest BCUT2D eigenvalue weighted by molar-refractivity contribution is 0.0793. The van der Waals surface area contributed by atoms with Crippen LogP contribution in [0.5, 0.6) is 0 Å². The Kier molecular flexibility index (Phi) is 4.18. The van der Waals surface area contributed by atoms with Crippen LogP contribution in [0.1, 0.15) is 6.42 Å². The number of piperazine rings is 1. The summed E-state index contributed by atoms with van der Waals surface area (Å²) >= 11 is 0. The molecular weight excluding hydrogens is 198 g/mol. The Labute approximate surface area is 88.6 Å². The van der Waals surface area contributed by atoms with E-state index in [1.165, 1.54) is 4.90 Å². The highest BCUT2D eigenvalue weighted by molar-refractivity contribution is 5.65. The van der Waals surface area contributed by atoms with E-state index >= 15 is 0 Å². The van der Waals surface area contributed by atoms with Gasteiger partial charge in [-0.2, -0.15) is 5.26 Å². The fourth-order valence-electron chi connectivity index (χ4n) is 1.66. The molecule has 1 N–H and O–H groups in total. The highest BCUT2D eigenvalue weighted by Crippen LogP contribution is 2.12. The molecule has 0 aliphatic carbocycles. The predicted octanol–water partition coefficient (Wildman–Crippen LogP) is 0.168. The van der Waals surface area contributed by atoms with Crippen LogP contribution in [0.4, 0.5) is 4.79 Å². The molecule has 1 heterocycles. The van der Waals surface area contributed by atoms with E-state index in [-0.39, 0.29) is 6.04 Å². The predicted molar refractivity (Wildman–Crippen MR) is 52.2 cm³/mol. The first-order valence-corrected chi connectivity index (χ1v) is 4.82. The standard InChI is InChI=1S/C9H15N3O3/c1-15-5-2-8-6-11(9(13)14)3-4-12(8)7-10/h8H,2-6H2,1H3,(H,13,14). The van der Waals surface area contributed by atoms with E-state index in [1.807, 2.05) is 0 Å². The van der Waals surface area contributed by atoms with Crippen LogP contribution in [0.3, 0.4) is 0 Å². The summed E-state index contributed by atoms with van der Waals surface area (Å²) in [5.74, 6) is 0. The van der Waals surface area contributed by atoms with Gasteiger partial charge in [-0.15, -0.1) is 0 Å². The minimum Gasteiger partial charge on any atom is -0.465 e. The first-order valence-electron chi connectivity index (χ1n) is 4.82. The lowest BCUT2D eigenvalue weighted by Crippen LogP contribution is -2.52. The van der Waals surface area contributed by atoms with Crippen molar-refractivity contribution >= 4 is 6.09 Å². The molecule has 1 rings (SSSR count). The minimum absolute atomic E-state index is 0.0557. The van der Waals surface area contributed by atoms with E-state index in [9.17, 15) is 4.79 Å². The zero-order valence-electron chi connectivity index (χ0n) is 8.72. The maximum Gasteiger partial charge on any atom is 0.407 e. The number of hydrogen-bond donors (Lipinski definition) is 1. The van der Waals surface area contributed by atoms with Gasteiger partial charge in [0, 0.05) is 33.4 Å². The number of ether oxygens (including phenoxy) is 1. The molecule has 0 bridgehead atoms. The molecule has 6 nitrogen and oxygen atoms in total. The molecule has 0 aromatic carbocycles. The Morgan fingerprint density at radius 1 is 1.67 bits per heavy atom. The normalized spacial score (nSPS) is 21.2. The average Bonchev–Trinajstić information content (AvgIpc) is 2.25. The van der Waals surface area contributed by atoms with Gasteiger partial charge in [-0.25, -0.2) is 4.79 Å². The van der Waals surface area contributed by atoms with Crippen molar-refractivity contribution in [3.05, 3.63) is 0 Å². The van der Waals surface area contributed by atoms with Gasteiger partial charge in [0.2, 0.25) is 0 Å². The lowest BCUT2D eigenvalue weighted by atomic mass is 10.1. The van der Waals surface area contributed by atoms with Gasteiger partial charge in [0.1, 0.15) is 0 Å². The molecule has 0 radical (unpaired) electrons. The first kappa shape index (κ1) is 11.6. The third-order valence-corrected chi connectivity index (χ3v) is 2.54. The van der Waals surface area contributed by atoms with E-state index < -0.39 is 6.09 Å². The van der Waals surface area contributed by atoms with Gasteiger partial charge in [-0.1, -0.05) is 0 Å². The molecular formula is C9H15N3O3. The fourth-order valence-corrected chi connectivity index (χ4v) is 1.66. The number of amides is 1. The molecule has 0 saturated carbocycles. The number of nitriles is 1. The van der Waals surface area contributed by atoms with Crippen molar-refractivity contribution in [3.63, 3.8) is 0 Å². The molecule has 0 aromatic heterocycles. The molecule has 6 heteroatoms. The van der Waals surface area contributed by atoms with Crippen LogP contribution in [0, 0.1) is 11.5 Å². The van der Waals surface area contributed by atoms with Crippen molar-refractivity contribution in [2.24, 2.45) is 0 Å². The van der Waals surface area contributed by atoms with E-state index in [0.29, 0.717) is 32.7 Å². The molecule has 1 atom stereocenters. The molecule has 1 amide bonds. The monoisotopic (exact) mass is 213 g/mol. The van der Waals surface area contributed by atoms with Crippen LogP contribution >= 0.6 is 0 Å². The van der Waals surface area contributed by atoms with E-state index in [0.717, 1.165) is 0 Å². The van der Waals surface area contributed by atoms with Crippen LogP contribution in [0.15, 0.2) is 0 Å². The number of carboxylic acid groups (broad SMARTS) is 1. The number of nitrogens with zero attached hydrogens (tertiary/aromatic N) is 3. The Bertz CT molecular complexity index is 264. The molecule has 0 spiro atoms. The highest BCUT2D eigenvalue weighted by Gasteiger charge is 2.28.